The maximum atomic E-state index is 11.0. The molecule has 0 bridgehead atoms. The summed E-state index contributed by atoms with van der Waals surface area (Å²) in [5, 5.41) is 0. The number of aldehydes is 1. The van der Waals surface area contributed by atoms with Crippen molar-refractivity contribution in [2.45, 2.75) is 12.8 Å². The highest BCUT2D eigenvalue weighted by atomic mass is 16.1. The molecule has 2 N–H and O–H groups in total. The standard InChI is InChI=1S/C12H15N3O2/c13-12(17)11-6-10(3-4-14-11)15-5-1-2-9(7-15)8-16/h3-4,6,8-9H,1-2,5,7H2,(H2,13,17). The molecule has 1 aliphatic heterocycles. The van der Waals surface area contributed by atoms with E-state index < -0.39 is 5.91 Å². The number of pyridine rings is 1. The predicted octanol–water partition coefficient (Wildman–Crippen LogP) is 0.596. The van der Waals surface area contributed by atoms with Crippen molar-refractivity contribution in [3.63, 3.8) is 0 Å². The number of anilines is 1. The van der Waals surface area contributed by atoms with E-state index in [0.29, 0.717) is 6.54 Å². The van der Waals surface area contributed by atoms with Gasteiger partial charge in [0.05, 0.1) is 0 Å². The van der Waals surface area contributed by atoms with E-state index in [4.69, 9.17) is 5.73 Å². The van der Waals surface area contributed by atoms with Gasteiger partial charge in [0.25, 0.3) is 5.91 Å². The predicted molar refractivity (Wildman–Crippen MR) is 63.8 cm³/mol. The van der Waals surface area contributed by atoms with Gasteiger partial charge in [0.2, 0.25) is 0 Å². The Balaban J connectivity index is 2.18. The first-order chi connectivity index (χ1) is 8.20. The smallest absolute Gasteiger partial charge is 0.267 e. The molecule has 2 heterocycles. The Morgan fingerprint density at radius 3 is 3.12 bits per heavy atom. The molecule has 0 spiro atoms. The van der Waals surface area contributed by atoms with Crippen LogP contribution in [0.3, 0.4) is 0 Å². The highest BCUT2D eigenvalue weighted by molar-refractivity contribution is 5.91. The molecule has 90 valence electrons. The van der Waals surface area contributed by atoms with Gasteiger partial charge in [-0.1, -0.05) is 0 Å². The molecular weight excluding hydrogens is 218 g/mol. The molecule has 1 aromatic heterocycles. The number of primary amides is 1. The maximum absolute atomic E-state index is 11.0. The van der Waals surface area contributed by atoms with Crippen molar-refractivity contribution in [1.29, 1.82) is 0 Å². The van der Waals surface area contributed by atoms with Crippen LogP contribution in [0.4, 0.5) is 5.69 Å². The molecule has 1 unspecified atom stereocenters. The topological polar surface area (TPSA) is 76.3 Å². The monoisotopic (exact) mass is 233 g/mol. The van der Waals surface area contributed by atoms with Gasteiger partial charge in [-0.05, 0) is 25.0 Å². The molecule has 2 rings (SSSR count). The Morgan fingerprint density at radius 2 is 2.41 bits per heavy atom. The van der Waals surface area contributed by atoms with Crippen molar-refractivity contribution < 1.29 is 9.59 Å². The summed E-state index contributed by atoms with van der Waals surface area (Å²) in [6.45, 7) is 1.60. The van der Waals surface area contributed by atoms with E-state index in [1.54, 1.807) is 12.3 Å². The van der Waals surface area contributed by atoms with Crippen LogP contribution >= 0.6 is 0 Å². The molecule has 0 aliphatic carbocycles. The SMILES string of the molecule is NC(=O)c1cc(N2CCCC(C=O)C2)ccn1. The number of nitrogens with two attached hydrogens (primary N) is 1. The first kappa shape index (κ1) is 11.6. The van der Waals surface area contributed by atoms with Crippen molar-refractivity contribution in [2.24, 2.45) is 11.7 Å². The van der Waals surface area contributed by atoms with Crippen molar-refractivity contribution in [1.82, 2.24) is 4.98 Å². The Labute approximate surface area is 99.6 Å². The van der Waals surface area contributed by atoms with Crippen LogP contribution in [-0.4, -0.2) is 30.3 Å². The molecule has 17 heavy (non-hydrogen) atoms. The van der Waals surface area contributed by atoms with Crippen LogP contribution in [0.5, 0.6) is 0 Å². The number of piperidine rings is 1. The van der Waals surface area contributed by atoms with E-state index in [2.05, 4.69) is 9.88 Å². The van der Waals surface area contributed by atoms with Gasteiger partial charge in [0.1, 0.15) is 12.0 Å². The molecular formula is C12H15N3O2. The van der Waals surface area contributed by atoms with E-state index in [1.807, 2.05) is 6.07 Å². The number of hydrogen-bond acceptors (Lipinski definition) is 4. The van der Waals surface area contributed by atoms with Crippen molar-refractivity contribution in [3.8, 4) is 0 Å². The van der Waals surface area contributed by atoms with Crippen LogP contribution in [0.2, 0.25) is 0 Å². The van der Waals surface area contributed by atoms with Gasteiger partial charge in [0.15, 0.2) is 0 Å². The molecule has 1 aliphatic rings. The molecule has 0 aromatic carbocycles. The second-order valence-electron chi connectivity index (χ2n) is 4.25. The molecule has 5 heteroatoms. The van der Waals surface area contributed by atoms with Gasteiger partial charge in [0, 0.05) is 30.9 Å². The van der Waals surface area contributed by atoms with Crippen LogP contribution in [0.25, 0.3) is 0 Å². The van der Waals surface area contributed by atoms with Gasteiger partial charge in [-0.3, -0.25) is 9.78 Å². The summed E-state index contributed by atoms with van der Waals surface area (Å²) in [5.41, 5.74) is 6.35. The minimum atomic E-state index is -0.532. The lowest BCUT2D eigenvalue weighted by molar-refractivity contribution is -0.111. The van der Waals surface area contributed by atoms with Crippen LogP contribution in [0.15, 0.2) is 18.3 Å². The summed E-state index contributed by atoms with van der Waals surface area (Å²) < 4.78 is 0. The lowest BCUT2D eigenvalue weighted by Gasteiger charge is -2.32. The molecule has 0 radical (unpaired) electrons. The summed E-state index contributed by atoms with van der Waals surface area (Å²) in [4.78, 5) is 27.8. The van der Waals surface area contributed by atoms with Crippen molar-refractivity contribution in [3.05, 3.63) is 24.0 Å². The number of aromatic nitrogens is 1. The molecule has 1 aromatic rings. The van der Waals surface area contributed by atoms with E-state index >= 15 is 0 Å². The minimum Gasteiger partial charge on any atom is -0.371 e. The average molecular weight is 233 g/mol. The van der Waals surface area contributed by atoms with Crippen LogP contribution in [0, 0.1) is 5.92 Å². The fourth-order valence-corrected chi connectivity index (χ4v) is 2.11. The Morgan fingerprint density at radius 1 is 1.59 bits per heavy atom. The number of nitrogens with zero attached hydrogens (tertiary/aromatic N) is 2. The largest absolute Gasteiger partial charge is 0.371 e. The second kappa shape index (κ2) is 4.95. The Kier molecular flexibility index (Phi) is 3.37. The highest BCUT2D eigenvalue weighted by Crippen LogP contribution is 2.22. The van der Waals surface area contributed by atoms with Gasteiger partial charge < -0.3 is 15.4 Å². The van der Waals surface area contributed by atoms with Gasteiger partial charge in [-0.2, -0.15) is 0 Å². The third-order valence-electron chi connectivity index (χ3n) is 3.01. The summed E-state index contributed by atoms with van der Waals surface area (Å²) in [6, 6.07) is 3.51. The van der Waals surface area contributed by atoms with Crippen LogP contribution in [-0.2, 0) is 4.79 Å². The third-order valence-corrected chi connectivity index (χ3v) is 3.01. The van der Waals surface area contributed by atoms with Gasteiger partial charge in [-0.25, -0.2) is 0 Å². The maximum Gasteiger partial charge on any atom is 0.267 e. The fraction of sp³-hybridized carbons (Fsp3) is 0.417. The zero-order chi connectivity index (χ0) is 12.3. The minimum absolute atomic E-state index is 0.0777. The first-order valence-corrected chi connectivity index (χ1v) is 5.67. The Hall–Kier alpha value is -1.91. The second-order valence-corrected chi connectivity index (χ2v) is 4.25. The van der Waals surface area contributed by atoms with Crippen molar-refractivity contribution in [2.75, 3.05) is 18.0 Å². The summed E-state index contributed by atoms with van der Waals surface area (Å²) in [7, 11) is 0. The number of amides is 1. The molecule has 1 atom stereocenters. The van der Waals surface area contributed by atoms with Crippen LogP contribution < -0.4 is 10.6 Å². The summed E-state index contributed by atoms with van der Waals surface area (Å²) >= 11 is 0. The highest BCUT2D eigenvalue weighted by Gasteiger charge is 2.20. The zero-order valence-electron chi connectivity index (χ0n) is 9.50. The number of carbonyl (C=O) groups excluding carboxylic acids is 2. The normalized spacial score (nSPS) is 20.0. The van der Waals surface area contributed by atoms with Crippen LogP contribution in [0.1, 0.15) is 23.3 Å². The summed E-state index contributed by atoms with van der Waals surface area (Å²) in [5.74, 6) is -0.454. The first-order valence-electron chi connectivity index (χ1n) is 5.67. The fourth-order valence-electron chi connectivity index (χ4n) is 2.11. The number of hydrogen-bond donors (Lipinski definition) is 1. The molecule has 1 saturated heterocycles. The van der Waals surface area contributed by atoms with E-state index in [9.17, 15) is 9.59 Å². The zero-order valence-corrected chi connectivity index (χ0v) is 9.50. The molecule has 5 nitrogen and oxygen atoms in total. The van der Waals surface area contributed by atoms with Gasteiger partial charge in [-0.15, -0.1) is 0 Å². The third kappa shape index (κ3) is 2.61. The molecule has 1 fully saturated rings. The number of rotatable bonds is 3. The van der Waals surface area contributed by atoms with E-state index in [0.717, 1.165) is 31.4 Å². The lowest BCUT2D eigenvalue weighted by atomic mass is 9.99. The molecule has 1 amide bonds. The van der Waals surface area contributed by atoms with Crippen molar-refractivity contribution >= 4 is 17.9 Å². The Bertz CT molecular complexity index is 434. The number of carbonyl (C=O) groups is 2. The molecule has 0 saturated carbocycles. The average Bonchev–Trinajstić information content (AvgIpc) is 2.39. The van der Waals surface area contributed by atoms with Gasteiger partial charge >= 0.3 is 0 Å². The summed E-state index contributed by atoms with van der Waals surface area (Å²) in [6.07, 6.45) is 4.49. The lowest BCUT2D eigenvalue weighted by Crippen LogP contribution is -2.36. The van der Waals surface area contributed by atoms with E-state index in [-0.39, 0.29) is 11.6 Å². The quantitative estimate of drug-likeness (QED) is 0.775. The van der Waals surface area contributed by atoms with E-state index in [1.165, 1.54) is 0 Å².